The molecule has 0 spiro atoms. The standard InChI is InChI=1S/C8H12Cl3/c1-4-7(5-6(2)3)8(9,10)11/h5H,4H2,1-3H3. The third kappa shape index (κ3) is 4.95. The Labute approximate surface area is 83.5 Å². The smallest absolute Gasteiger partial charge is 0.0827 e. The molecular formula is C8H12Cl3. The van der Waals surface area contributed by atoms with Gasteiger partial charge in [-0.3, -0.25) is 0 Å². The van der Waals surface area contributed by atoms with E-state index in [1.165, 1.54) is 0 Å². The summed E-state index contributed by atoms with van der Waals surface area (Å²) in [6, 6.07) is 0. The average Bonchev–Trinajstić information content (AvgIpc) is 1.79. The first kappa shape index (κ1) is 11.6. The van der Waals surface area contributed by atoms with Gasteiger partial charge in [0.25, 0.3) is 0 Å². The van der Waals surface area contributed by atoms with E-state index in [1.54, 1.807) is 0 Å². The Hall–Kier alpha value is 0.610. The SMILES string of the molecule is CC[C](C=C(C)C)C(Cl)(Cl)Cl. The minimum absolute atomic E-state index is 0.766. The molecule has 0 heterocycles. The molecule has 0 aliphatic carbocycles. The van der Waals surface area contributed by atoms with E-state index in [-0.39, 0.29) is 0 Å². The van der Waals surface area contributed by atoms with Crippen LogP contribution in [-0.4, -0.2) is 3.79 Å². The van der Waals surface area contributed by atoms with Crippen molar-refractivity contribution in [1.82, 2.24) is 0 Å². The molecule has 0 bridgehead atoms. The van der Waals surface area contributed by atoms with E-state index in [0.29, 0.717) is 0 Å². The molecule has 0 fully saturated rings. The fourth-order valence-electron chi connectivity index (χ4n) is 0.733. The van der Waals surface area contributed by atoms with Crippen LogP contribution in [0.15, 0.2) is 11.6 Å². The summed E-state index contributed by atoms with van der Waals surface area (Å²) in [6.07, 6.45) is 2.68. The van der Waals surface area contributed by atoms with Crippen LogP contribution >= 0.6 is 34.8 Å². The molecule has 1 radical (unpaired) electrons. The van der Waals surface area contributed by atoms with Crippen LogP contribution in [0.25, 0.3) is 0 Å². The Morgan fingerprint density at radius 3 is 1.82 bits per heavy atom. The summed E-state index contributed by atoms with van der Waals surface area (Å²) in [5, 5.41) is 0. The van der Waals surface area contributed by atoms with Crippen molar-refractivity contribution in [2.24, 2.45) is 0 Å². The van der Waals surface area contributed by atoms with Gasteiger partial charge < -0.3 is 0 Å². The number of allylic oxidation sites excluding steroid dienone is 2. The van der Waals surface area contributed by atoms with Crippen molar-refractivity contribution in [1.29, 1.82) is 0 Å². The molecule has 0 aromatic heterocycles. The van der Waals surface area contributed by atoms with Crippen molar-refractivity contribution in [3.05, 3.63) is 17.6 Å². The third-order valence-corrected chi connectivity index (χ3v) is 1.94. The van der Waals surface area contributed by atoms with Crippen molar-refractivity contribution in [3.8, 4) is 0 Å². The third-order valence-electron chi connectivity index (χ3n) is 1.21. The van der Waals surface area contributed by atoms with Gasteiger partial charge in [-0.05, 0) is 20.3 Å². The van der Waals surface area contributed by atoms with E-state index in [9.17, 15) is 0 Å². The molecule has 0 unspecified atom stereocenters. The molecule has 0 nitrogen and oxygen atoms in total. The zero-order chi connectivity index (χ0) is 9.07. The highest BCUT2D eigenvalue weighted by atomic mass is 35.6. The number of hydrogen-bond donors (Lipinski definition) is 0. The second-order valence-corrected chi connectivity index (χ2v) is 4.88. The summed E-state index contributed by atoms with van der Waals surface area (Å²) in [7, 11) is 0. The summed E-state index contributed by atoms with van der Waals surface area (Å²) in [4.78, 5) is 0. The summed E-state index contributed by atoms with van der Waals surface area (Å²) < 4.78 is -1.24. The minimum Gasteiger partial charge on any atom is -0.0827 e. The second kappa shape index (κ2) is 4.59. The van der Waals surface area contributed by atoms with Crippen LogP contribution in [0.5, 0.6) is 0 Å². The molecule has 0 aromatic rings. The van der Waals surface area contributed by atoms with Gasteiger partial charge >= 0.3 is 0 Å². The van der Waals surface area contributed by atoms with E-state index >= 15 is 0 Å². The monoisotopic (exact) mass is 213 g/mol. The highest BCUT2D eigenvalue weighted by Crippen LogP contribution is 2.39. The molecule has 0 amide bonds. The lowest BCUT2D eigenvalue weighted by atomic mass is 10.1. The molecule has 0 atom stereocenters. The van der Waals surface area contributed by atoms with Gasteiger partial charge in [-0.25, -0.2) is 0 Å². The predicted molar refractivity (Wildman–Crippen MR) is 53.3 cm³/mol. The first-order chi connectivity index (χ1) is 4.88. The van der Waals surface area contributed by atoms with Gasteiger partial charge in [-0.15, -0.1) is 0 Å². The van der Waals surface area contributed by atoms with Gasteiger partial charge in [0, 0.05) is 5.92 Å². The van der Waals surface area contributed by atoms with Crippen LogP contribution in [0.4, 0.5) is 0 Å². The van der Waals surface area contributed by atoms with Crippen LogP contribution in [0.2, 0.25) is 0 Å². The summed E-state index contributed by atoms with van der Waals surface area (Å²) in [5.74, 6) is 0.836. The Kier molecular flexibility index (Phi) is 4.85. The van der Waals surface area contributed by atoms with Crippen LogP contribution in [-0.2, 0) is 0 Å². The highest BCUT2D eigenvalue weighted by molar-refractivity contribution is 6.69. The quantitative estimate of drug-likeness (QED) is 0.601. The molecule has 0 aliphatic heterocycles. The van der Waals surface area contributed by atoms with E-state index in [1.807, 2.05) is 26.8 Å². The maximum atomic E-state index is 5.69. The zero-order valence-corrected chi connectivity index (χ0v) is 9.19. The molecule has 11 heavy (non-hydrogen) atoms. The van der Waals surface area contributed by atoms with Crippen molar-refractivity contribution in [2.45, 2.75) is 31.0 Å². The van der Waals surface area contributed by atoms with Crippen LogP contribution in [0.3, 0.4) is 0 Å². The van der Waals surface area contributed by atoms with Crippen LogP contribution in [0.1, 0.15) is 27.2 Å². The van der Waals surface area contributed by atoms with Crippen molar-refractivity contribution in [3.63, 3.8) is 0 Å². The summed E-state index contributed by atoms with van der Waals surface area (Å²) in [5.41, 5.74) is 1.15. The lowest BCUT2D eigenvalue weighted by Gasteiger charge is -2.18. The zero-order valence-electron chi connectivity index (χ0n) is 6.92. The van der Waals surface area contributed by atoms with E-state index in [2.05, 4.69) is 0 Å². The van der Waals surface area contributed by atoms with Crippen LogP contribution in [0, 0.1) is 5.92 Å². The van der Waals surface area contributed by atoms with Gasteiger partial charge in [0.15, 0.2) is 0 Å². The first-order valence-corrected chi connectivity index (χ1v) is 4.59. The average molecular weight is 215 g/mol. The maximum absolute atomic E-state index is 5.69. The Morgan fingerprint density at radius 2 is 1.73 bits per heavy atom. The molecule has 0 N–H and O–H groups in total. The lowest BCUT2D eigenvalue weighted by Crippen LogP contribution is -2.13. The summed E-state index contributed by atoms with van der Waals surface area (Å²) >= 11 is 17.1. The highest BCUT2D eigenvalue weighted by Gasteiger charge is 2.29. The molecule has 0 rings (SSSR count). The van der Waals surface area contributed by atoms with Crippen molar-refractivity contribution < 1.29 is 0 Å². The Morgan fingerprint density at radius 1 is 1.27 bits per heavy atom. The minimum atomic E-state index is -1.24. The van der Waals surface area contributed by atoms with Crippen molar-refractivity contribution in [2.75, 3.05) is 0 Å². The van der Waals surface area contributed by atoms with E-state index in [4.69, 9.17) is 34.8 Å². The summed E-state index contributed by atoms with van der Waals surface area (Å²) in [6.45, 7) is 5.93. The molecule has 65 valence electrons. The van der Waals surface area contributed by atoms with Crippen LogP contribution < -0.4 is 0 Å². The second-order valence-electron chi connectivity index (χ2n) is 2.60. The van der Waals surface area contributed by atoms with E-state index in [0.717, 1.165) is 17.9 Å². The van der Waals surface area contributed by atoms with Gasteiger partial charge in [0.2, 0.25) is 3.79 Å². The van der Waals surface area contributed by atoms with E-state index < -0.39 is 3.79 Å². The fraction of sp³-hybridized carbons (Fsp3) is 0.625. The van der Waals surface area contributed by atoms with Gasteiger partial charge in [-0.2, -0.15) is 0 Å². The van der Waals surface area contributed by atoms with Gasteiger partial charge in [0.1, 0.15) is 0 Å². The maximum Gasteiger partial charge on any atom is 0.200 e. The molecule has 0 aliphatic rings. The normalized spacial score (nSPS) is 11.9. The lowest BCUT2D eigenvalue weighted by molar-refractivity contribution is 0.918. The Bertz CT molecular complexity index is 140. The largest absolute Gasteiger partial charge is 0.200 e. The molecule has 0 saturated carbocycles. The molecule has 3 heteroatoms. The molecular weight excluding hydrogens is 202 g/mol. The first-order valence-electron chi connectivity index (χ1n) is 3.45. The predicted octanol–water partition coefficient (Wildman–Crippen LogP) is 4.31. The fourth-order valence-corrected chi connectivity index (χ4v) is 1.30. The number of hydrogen-bond acceptors (Lipinski definition) is 0. The Balaban J connectivity index is 4.31. The topological polar surface area (TPSA) is 0 Å². The van der Waals surface area contributed by atoms with Gasteiger partial charge in [-0.1, -0.05) is 53.4 Å². The van der Waals surface area contributed by atoms with Gasteiger partial charge in [0.05, 0.1) is 0 Å². The van der Waals surface area contributed by atoms with Crippen molar-refractivity contribution >= 4 is 34.8 Å². The number of alkyl halides is 3. The molecule has 0 saturated heterocycles. The number of halogens is 3. The number of rotatable bonds is 2. The molecule has 0 aromatic carbocycles.